The number of hydrogen-bond acceptors (Lipinski definition) is 4. The van der Waals surface area contributed by atoms with Crippen molar-refractivity contribution in [1.29, 1.82) is 0 Å². The summed E-state index contributed by atoms with van der Waals surface area (Å²) in [6.45, 7) is -2.15. The van der Waals surface area contributed by atoms with Gasteiger partial charge in [-0.3, -0.25) is 4.79 Å². The number of amides is 1. The van der Waals surface area contributed by atoms with Gasteiger partial charge in [0, 0.05) is 5.56 Å². The first-order chi connectivity index (χ1) is 9.28. The molecule has 0 atom stereocenters. The van der Waals surface area contributed by atoms with Crippen LogP contribution < -0.4 is 5.32 Å². The number of aliphatic hydroxyl groups is 3. The molecule has 5 nitrogen and oxygen atoms in total. The van der Waals surface area contributed by atoms with E-state index in [1.165, 1.54) is 0 Å². The molecule has 0 aliphatic carbocycles. The number of nitrogens with one attached hydrogen (secondary N) is 1. The van der Waals surface area contributed by atoms with Crippen LogP contribution in [0.3, 0.4) is 0 Å². The van der Waals surface area contributed by atoms with E-state index in [4.69, 9.17) is 15.3 Å². The van der Waals surface area contributed by atoms with Crippen LogP contribution in [0.5, 0.6) is 0 Å². The van der Waals surface area contributed by atoms with Gasteiger partial charge >= 0.3 is 6.18 Å². The van der Waals surface area contributed by atoms with Gasteiger partial charge in [0.05, 0.1) is 25.4 Å². The Hall–Kier alpha value is -1.64. The van der Waals surface area contributed by atoms with Crippen molar-refractivity contribution in [3.05, 3.63) is 35.4 Å². The lowest BCUT2D eigenvalue weighted by Gasteiger charge is -2.28. The summed E-state index contributed by atoms with van der Waals surface area (Å²) in [5.74, 6) is -0.809. The lowest BCUT2D eigenvalue weighted by atomic mass is 10.0. The average Bonchev–Trinajstić information content (AvgIpc) is 2.44. The first-order valence-corrected chi connectivity index (χ1v) is 5.60. The third-order valence-corrected chi connectivity index (χ3v) is 2.76. The van der Waals surface area contributed by atoms with Crippen molar-refractivity contribution in [2.75, 3.05) is 19.8 Å². The summed E-state index contributed by atoms with van der Waals surface area (Å²) in [6, 6.07) is 3.42. The molecule has 0 saturated heterocycles. The second-order valence-corrected chi connectivity index (χ2v) is 4.28. The molecule has 0 spiro atoms. The van der Waals surface area contributed by atoms with Crippen LogP contribution in [0, 0.1) is 0 Å². The summed E-state index contributed by atoms with van der Waals surface area (Å²) in [5.41, 5.74) is -2.61. The number of carbonyl (C=O) groups excluding carboxylic acids is 1. The maximum atomic E-state index is 12.4. The van der Waals surface area contributed by atoms with E-state index in [1.807, 2.05) is 0 Å². The minimum atomic E-state index is -4.50. The molecule has 0 aliphatic heterocycles. The Morgan fingerprint density at radius 3 is 1.80 bits per heavy atom. The van der Waals surface area contributed by atoms with E-state index in [2.05, 4.69) is 5.32 Å². The van der Waals surface area contributed by atoms with Crippen LogP contribution >= 0.6 is 0 Å². The number of benzene rings is 1. The Balaban J connectivity index is 2.88. The predicted octanol–water partition coefficient (Wildman–Crippen LogP) is 0.151. The van der Waals surface area contributed by atoms with Gasteiger partial charge in [-0.25, -0.2) is 0 Å². The highest BCUT2D eigenvalue weighted by molar-refractivity contribution is 5.94. The molecule has 20 heavy (non-hydrogen) atoms. The fourth-order valence-electron chi connectivity index (χ4n) is 1.39. The van der Waals surface area contributed by atoms with Crippen LogP contribution in [0.2, 0.25) is 0 Å². The highest BCUT2D eigenvalue weighted by Crippen LogP contribution is 2.29. The van der Waals surface area contributed by atoms with E-state index in [9.17, 15) is 18.0 Å². The van der Waals surface area contributed by atoms with E-state index < -0.39 is 43.0 Å². The van der Waals surface area contributed by atoms with E-state index in [0.29, 0.717) is 0 Å². The van der Waals surface area contributed by atoms with Crippen LogP contribution in [0.1, 0.15) is 15.9 Å². The predicted molar refractivity (Wildman–Crippen MR) is 62.9 cm³/mol. The molecule has 0 radical (unpaired) electrons. The van der Waals surface area contributed by atoms with Crippen molar-refractivity contribution in [1.82, 2.24) is 5.32 Å². The molecule has 8 heteroatoms. The minimum Gasteiger partial charge on any atom is -0.394 e. The number of rotatable bonds is 5. The topological polar surface area (TPSA) is 89.8 Å². The van der Waals surface area contributed by atoms with Crippen LogP contribution in [0.15, 0.2) is 24.3 Å². The zero-order chi connectivity index (χ0) is 15.4. The first kappa shape index (κ1) is 16.4. The van der Waals surface area contributed by atoms with Gasteiger partial charge < -0.3 is 20.6 Å². The van der Waals surface area contributed by atoms with Crippen molar-refractivity contribution < 1.29 is 33.3 Å². The number of hydrogen-bond donors (Lipinski definition) is 4. The van der Waals surface area contributed by atoms with Crippen molar-refractivity contribution in [2.24, 2.45) is 0 Å². The molecular formula is C12H14F3NO4. The molecule has 0 saturated carbocycles. The van der Waals surface area contributed by atoms with Crippen LogP contribution in [-0.2, 0) is 6.18 Å². The maximum absolute atomic E-state index is 12.4. The average molecular weight is 293 g/mol. The number of aliphatic hydroxyl groups excluding tert-OH is 3. The number of halogens is 3. The maximum Gasteiger partial charge on any atom is 0.416 e. The summed E-state index contributed by atoms with van der Waals surface area (Å²) >= 11 is 0. The zero-order valence-electron chi connectivity index (χ0n) is 10.3. The Morgan fingerprint density at radius 2 is 1.45 bits per heavy atom. The Labute approximate surface area is 112 Å². The van der Waals surface area contributed by atoms with Crippen LogP contribution in [-0.4, -0.2) is 46.6 Å². The van der Waals surface area contributed by atoms with Crippen molar-refractivity contribution >= 4 is 5.91 Å². The normalized spacial score (nSPS) is 12.3. The zero-order valence-corrected chi connectivity index (χ0v) is 10.3. The smallest absolute Gasteiger partial charge is 0.394 e. The lowest BCUT2D eigenvalue weighted by molar-refractivity contribution is -0.137. The molecule has 0 heterocycles. The summed E-state index contributed by atoms with van der Waals surface area (Å²) in [4.78, 5) is 11.8. The molecule has 0 aromatic heterocycles. The van der Waals surface area contributed by atoms with E-state index in [1.54, 1.807) is 0 Å². The van der Waals surface area contributed by atoms with Gasteiger partial charge in [0.2, 0.25) is 0 Å². The summed E-state index contributed by atoms with van der Waals surface area (Å²) in [6.07, 6.45) is -4.50. The quantitative estimate of drug-likeness (QED) is 0.622. The molecule has 0 bridgehead atoms. The van der Waals surface area contributed by atoms with Crippen molar-refractivity contribution in [3.8, 4) is 0 Å². The van der Waals surface area contributed by atoms with Gasteiger partial charge in [0.1, 0.15) is 5.54 Å². The molecule has 1 rings (SSSR count). The Morgan fingerprint density at radius 1 is 1.00 bits per heavy atom. The summed E-state index contributed by atoms with van der Waals surface area (Å²) in [5, 5.41) is 29.3. The minimum absolute atomic E-state index is 0.0854. The van der Waals surface area contributed by atoms with Gasteiger partial charge in [-0.15, -0.1) is 0 Å². The molecule has 1 amide bonds. The highest BCUT2D eigenvalue weighted by Gasteiger charge is 2.32. The third kappa shape index (κ3) is 3.69. The fourth-order valence-corrected chi connectivity index (χ4v) is 1.39. The van der Waals surface area contributed by atoms with Gasteiger partial charge in [0.25, 0.3) is 5.91 Å². The fraction of sp³-hybridized carbons (Fsp3) is 0.417. The van der Waals surface area contributed by atoms with Gasteiger partial charge in [-0.1, -0.05) is 0 Å². The molecule has 0 unspecified atom stereocenters. The van der Waals surface area contributed by atoms with Gasteiger partial charge in [-0.2, -0.15) is 13.2 Å². The number of carbonyl (C=O) groups is 1. The van der Waals surface area contributed by atoms with Gasteiger partial charge in [-0.05, 0) is 24.3 Å². The highest BCUT2D eigenvalue weighted by atomic mass is 19.4. The van der Waals surface area contributed by atoms with Crippen molar-refractivity contribution in [3.63, 3.8) is 0 Å². The van der Waals surface area contributed by atoms with Gasteiger partial charge in [0.15, 0.2) is 0 Å². The molecule has 1 aromatic carbocycles. The van der Waals surface area contributed by atoms with Crippen LogP contribution in [0.4, 0.5) is 13.2 Å². The van der Waals surface area contributed by atoms with E-state index in [0.717, 1.165) is 24.3 Å². The molecule has 4 N–H and O–H groups in total. The molecular weight excluding hydrogens is 279 g/mol. The van der Waals surface area contributed by atoms with Crippen molar-refractivity contribution in [2.45, 2.75) is 11.7 Å². The summed E-state index contributed by atoms with van der Waals surface area (Å²) in [7, 11) is 0. The first-order valence-electron chi connectivity index (χ1n) is 5.60. The third-order valence-electron chi connectivity index (χ3n) is 2.76. The monoisotopic (exact) mass is 293 g/mol. The second-order valence-electron chi connectivity index (χ2n) is 4.28. The second kappa shape index (κ2) is 6.21. The SMILES string of the molecule is O=C(NC(CO)(CO)CO)c1ccc(C(F)(F)F)cc1. The molecule has 1 aromatic rings. The Kier molecular flexibility index (Phi) is 5.09. The van der Waals surface area contributed by atoms with Crippen LogP contribution in [0.25, 0.3) is 0 Å². The summed E-state index contributed by atoms with van der Waals surface area (Å²) < 4.78 is 37.1. The standard InChI is InChI=1S/C12H14F3NO4/c13-12(14,15)9-3-1-8(2-4-9)10(20)16-11(5-17,6-18)7-19/h1-4,17-19H,5-7H2,(H,16,20). The molecule has 0 aliphatic rings. The largest absolute Gasteiger partial charge is 0.416 e. The van der Waals surface area contributed by atoms with E-state index in [-0.39, 0.29) is 5.56 Å². The van der Waals surface area contributed by atoms with E-state index >= 15 is 0 Å². The number of alkyl halides is 3. The molecule has 0 fully saturated rings. The lowest BCUT2D eigenvalue weighted by Crippen LogP contribution is -2.57. The molecule has 112 valence electrons. The Bertz CT molecular complexity index is 447.